The number of carboxylic acid groups (broad SMARTS) is 1. The van der Waals surface area contributed by atoms with E-state index in [0.29, 0.717) is 19.1 Å². The van der Waals surface area contributed by atoms with Crippen molar-refractivity contribution >= 4 is 22.8 Å². The zero-order valence-corrected chi connectivity index (χ0v) is 24.9. The number of hydrogen-bond acceptors (Lipinski definition) is 3. The summed E-state index contributed by atoms with van der Waals surface area (Å²) in [5.41, 5.74) is 6.45. The Morgan fingerprint density at radius 3 is 2.18 bits per heavy atom. The monoisotopic (exact) mass is 586 g/mol. The second-order valence-electron chi connectivity index (χ2n) is 11.6. The Labute approximate surface area is 258 Å². The van der Waals surface area contributed by atoms with Crippen molar-refractivity contribution in [2.75, 3.05) is 6.54 Å². The maximum Gasteiger partial charge on any atom is 0.335 e. The zero-order valence-electron chi connectivity index (χ0n) is 24.9. The summed E-state index contributed by atoms with van der Waals surface area (Å²) in [5.74, 6) is 0.0325. The number of ether oxygens (including phenoxy) is 1. The van der Waals surface area contributed by atoms with Crippen LogP contribution in [0.2, 0.25) is 0 Å². The predicted octanol–water partition coefficient (Wildman–Crippen LogP) is 7.99. The van der Waals surface area contributed by atoms with Crippen LogP contribution in [0.15, 0.2) is 103 Å². The number of hydrogen-bond donors (Lipinski definition) is 2. The number of rotatable bonds is 11. The first-order chi connectivity index (χ1) is 21.6. The Morgan fingerprint density at radius 2 is 1.50 bits per heavy atom. The number of fused-ring (bicyclic) bond motifs is 1. The maximum absolute atomic E-state index is 13.4. The molecule has 0 atom stereocenters. The van der Waals surface area contributed by atoms with E-state index in [9.17, 15) is 14.7 Å². The lowest BCUT2D eigenvalue weighted by molar-refractivity contribution is -0.121. The van der Waals surface area contributed by atoms with Crippen LogP contribution in [0.1, 0.15) is 65.1 Å². The smallest absolute Gasteiger partial charge is 0.335 e. The number of aromatic carboxylic acids is 1. The van der Waals surface area contributed by atoms with E-state index in [0.717, 1.165) is 65.6 Å². The fraction of sp³-hybridized carbons (Fsp3) is 0.263. The molecule has 0 radical (unpaired) electrons. The number of carboxylic acids is 1. The summed E-state index contributed by atoms with van der Waals surface area (Å²) in [5, 5.41) is 14.0. The lowest BCUT2D eigenvalue weighted by atomic mass is 9.82. The van der Waals surface area contributed by atoms with Crippen LogP contribution in [0.4, 0.5) is 0 Å². The highest BCUT2D eigenvalue weighted by molar-refractivity contribution is 5.99. The molecule has 1 heterocycles. The first kappa shape index (κ1) is 29.2. The quantitative estimate of drug-likeness (QED) is 0.164. The highest BCUT2D eigenvalue weighted by Crippen LogP contribution is 2.44. The van der Waals surface area contributed by atoms with Gasteiger partial charge in [0.2, 0.25) is 5.91 Å². The second-order valence-corrected chi connectivity index (χ2v) is 11.6. The van der Waals surface area contributed by atoms with Crippen molar-refractivity contribution in [2.24, 2.45) is 0 Å². The minimum atomic E-state index is -0.979. The second kappa shape index (κ2) is 13.6. The van der Waals surface area contributed by atoms with Gasteiger partial charge in [-0.05, 0) is 83.8 Å². The highest BCUT2D eigenvalue weighted by Gasteiger charge is 2.28. The van der Waals surface area contributed by atoms with E-state index in [4.69, 9.17) is 4.74 Å². The lowest BCUT2D eigenvalue weighted by Crippen LogP contribution is -2.29. The molecular formula is C38H38N2O4. The summed E-state index contributed by atoms with van der Waals surface area (Å²) in [6.45, 7) is 1.11. The third kappa shape index (κ3) is 6.70. The fourth-order valence-electron chi connectivity index (χ4n) is 6.43. The summed E-state index contributed by atoms with van der Waals surface area (Å²) in [7, 11) is 0. The Morgan fingerprint density at radius 1 is 0.818 bits per heavy atom. The van der Waals surface area contributed by atoms with Crippen LogP contribution in [0, 0.1) is 0 Å². The van der Waals surface area contributed by atoms with E-state index in [1.807, 2.05) is 71.3 Å². The number of aromatic nitrogens is 1. The van der Waals surface area contributed by atoms with Crippen LogP contribution in [0.3, 0.4) is 0 Å². The topological polar surface area (TPSA) is 80.6 Å². The van der Waals surface area contributed by atoms with E-state index in [-0.39, 0.29) is 18.0 Å². The van der Waals surface area contributed by atoms with Crippen molar-refractivity contribution in [3.05, 3.63) is 125 Å². The van der Waals surface area contributed by atoms with Gasteiger partial charge in [-0.2, -0.15) is 0 Å². The summed E-state index contributed by atoms with van der Waals surface area (Å²) in [6.07, 6.45) is 6.45. The molecule has 5 aromatic rings. The number of amides is 1. The minimum Gasteiger partial charge on any atom is -0.489 e. The van der Waals surface area contributed by atoms with Crippen LogP contribution in [-0.2, 0) is 24.4 Å². The maximum atomic E-state index is 13.4. The molecule has 6 heteroatoms. The van der Waals surface area contributed by atoms with Crippen molar-refractivity contribution in [2.45, 2.75) is 57.6 Å². The Balaban J connectivity index is 1.36. The molecule has 1 aliphatic rings. The van der Waals surface area contributed by atoms with Gasteiger partial charge in [0.1, 0.15) is 18.9 Å². The van der Waals surface area contributed by atoms with Gasteiger partial charge in [-0.25, -0.2) is 4.79 Å². The minimum absolute atomic E-state index is 0.0992. The highest BCUT2D eigenvalue weighted by atomic mass is 16.5. The summed E-state index contributed by atoms with van der Waals surface area (Å²) in [6, 6.07) is 33.6. The SMILES string of the molecule is O=C(Cn1c(-c2ccc(OCc3ccccc3)cc2)c(C2CCCCC2)c2ccc(C(=O)O)cc21)NCCc1ccccc1. The summed E-state index contributed by atoms with van der Waals surface area (Å²) in [4.78, 5) is 25.5. The molecule has 0 bridgehead atoms. The summed E-state index contributed by atoms with van der Waals surface area (Å²) < 4.78 is 8.10. The molecule has 0 aliphatic heterocycles. The molecule has 224 valence electrons. The molecule has 0 unspecified atom stereocenters. The predicted molar refractivity (Wildman–Crippen MR) is 174 cm³/mol. The standard InChI is InChI=1S/C38H38N2O4/c41-35(39-23-22-27-10-4-1-5-11-27)25-40-34-24-31(38(42)43)18-21-33(34)36(29-14-8-3-9-15-29)37(40)30-16-19-32(20-17-30)44-26-28-12-6-2-7-13-28/h1-2,4-7,10-13,16-21,24,29H,3,8-9,14-15,22-23,25-26H2,(H,39,41)(H,42,43). The van der Waals surface area contributed by atoms with Crippen molar-refractivity contribution in [3.63, 3.8) is 0 Å². The normalized spacial score (nSPS) is 13.5. The van der Waals surface area contributed by atoms with E-state index < -0.39 is 5.97 Å². The van der Waals surface area contributed by atoms with Gasteiger partial charge in [0.05, 0.1) is 16.8 Å². The number of carbonyl (C=O) groups is 2. The van der Waals surface area contributed by atoms with Crippen molar-refractivity contribution in [3.8, 4) is 17.0 Å². The van der Waals surface area contributed by atoms with Gasteiger partial charge in [-0.1, -0.05) is 86.0 Å². The van der Waals surface area contributed by atoms with Gasteiger partial charge in [-0.15, -0.1) is 0 Å². The van der Waals surface area contributed by atoms with Crippen LogP contribution in [0.5, 0.6) is 5.75 Å². The average Bonchev–Trinajstić information content (AvgIpc) is 3.38. The van der Waals surface area contributed by atoms with Gasteiger partial charge in [0.25, 0.3) is 0 Å². The molecule has 44 heavy (non-hydrogen) atoms. The van der Waals surface area contributed by atoms with Gasteiger partial charge in [0.15, 0.2) is 0 Å². The Kier molecular flexibility index (Phi) is 9.06. The van der Waals surface area contributed by atoms with E-state index >= 15 is 0 Å². The summed E-state index contributed by atoms with van der Waals surface area (Å²) >= 11 is 0. The van der Waals surface area contributed by atoms with Crippen LogP contribution < -0.4 is 10.1 Å². The van der Waals surface area contributed by atoms with Crippen LogP contribution in [-0.4, -0.2) is 28.1 Å². The molecule has 6 nitrogen and oxygen atoms in total. The lowest BCUT2D eigenvalue weighted by Gasteiger charge is -2.24. The molecular weight excluding hydrogens is 548 g/mol. The molecule has 1 saturated carbocycles. The van der Waals surface area contributed by atoms with Gasteiger partial charge in [-0.3, -0.25) is 4.79 Å². The zero-order chi connectivity index (χ0) is 30.3. The molecule has 6 rings (SSSR count). The van der Waals surface area contributed by atoms with Crippen molar-refractivity contribution in [1.82, 2.24) is 9.88 Å². The van der Waals surface area contributed by atoms with E-state index in [2.05, 4.69) is 29.6 Å². The Hall–Kier alpha value is -4.84. The number of nitrogens with zero attached hydrogens (tertiary/aromatic N) is 1. The number of carbonyl (C=O) groups excluding carboxylic acids is 1. The Bertz CT molecular complexity index is 1720. The molecule has 0 saturated heterocycles. The van der Waals surface area contributed by atoms with Gasteiger partial charge >= 0.3 is 5.97 Å². The van der Waals surface area contributed by atoms with Gasteiger partial charge in [0, 0.05) is 11.9 Å². The van der Waals surface area contributed by atoms with Gasteiger partial charge < -0.3 is 19.7 Å². The van der Waals surface area contributed by atoms with Crippen LogP contribution >= 0.6 is 0 Å². The van der Waals surface area contributed by atoms with E-state index in [1.54, 1.807) is 12.1 Å². The number of benzene rings is 4. The molecule has 1 amide bonds. The van der Waals surface area contributed by atoms with E-state index in [1.165, 1.54) is 17.5 Å². The molecule has 1 aliphatic carbocycles. The first-order valence-electron chi connectivity index (χ1n) is 15.5. The molecule has 2 N–H and O–H groups in total. The average molecular weight is 587 g/mol. The third-order valence-electron chi connectivity index (χ3n) is 8.62. The van der Waals surface area contributed by atoms with Crippen molar-refractivity contribution in [1.29, 1.82) is 0 Å². The van der Waals surface area contributed by atoms with Crippen molar-refractivity contribution < 1.29 is 19.4 Å². The largest absolute Gasteiger partial charge is 0.489 e. The number of nitrogens with one attached hydrogen (secondary N) is 1. The molecule has 1 fully saturated rings. The first-order valence-corrected chi connectivity index (χ1v) is 15.5. The molecule has 1 aromatic heterocycles. The molecule has 4 aromatic carbocycles. The third-order valence-corrected chi connectivity index (χ3v) is 8.62. The van der Waals surface area contributed by atoms with Crippen LogP contribution in [0.25, 0.3) is 22.2 Å². The molecule has 0 spiro atoms. The fourth-order valence-corrected chi connectivity index (χ4v) is 6.43.